The van der Waals surface area contributed by atoms with Gasteiger partial charge in [-0.15, -0.1) is 47.3 Å². The van der Waals surface area contributed by atoms with E-state index in [4.69, 9.17) is 54.1 Å². The molecule has 19 rings (SSSR count). The van der Waals surface area contributed by atoms with E-state index in [0.29, 0.717) is 57.6 Å². The average molecular weight is 1970 g/mol. The molecule has 7 saturated heterocycles. The summed E-state index contributed by atoms with van der Waals surface area (Å²) >= 11 is 15.6. The van der Waals surface area contributed by atoms with E-state index in [1.807, 2.05) is 219 Å². The number of anilines is 9. The number of para-hydroxylation sites is 6. The van der Waals surface area contributed by atoms with Crippen LogP contribution in [0.15, 0.2) is 182 Å². The quantitative estimate of drug-likeness (QED) is 0.0755. The summed E-state index contributed by atoms with van der Waals surface area (Å²) in [5.74, 6) is 5.19. The number of rotatable bonds is 11. The molecule has 3 unspecified atom stereocenters. The number of hydrogen-bond donors (Lipinski definition) is 5. The van der Waals surface area contributed by atoms with E-state index in [1.165, 1.54) is 33.6 Å². The molecule has 678 valence electrons. The lowest BCUT2D eigenvalue weighted by molar-refractivity contribution is -0.115. The Morgan fingerprint density at radius 2 is 0.806 bits per heavy atom. The van der Waals surface area contributed by atoms with Crippen molar-refractivity contribution in [2.75, 3.05) is 44.9 Å². The number of aromatic hydroxyl groups is 1. The van der Waals surface area contributed by atoms with Crippen LogP contribution in [0.2, 0.25) is 5.02 Å². The molecule has 24 nitrogen and oxygen atoms in total. The van der Waals surface area contributed by atoms with Gasteiger partial charge >= 0.3 is 22.5 Å². The van der Waals surface area contributed by atoms with Crippen LogP contribution in [-0.4, -0.2) is 146 Å². The molecule has 0 aromatic heterocycles. The Balaban J connectivity index is 0.000000134. The average Bonchev–Trinajstić information content (AvgIpc) is 1.71. The molecular formula is C99H113B2Br3ClN9O15. The number of nitrogens with zero attached hydrogens (tertiary/aromatic N) is 5. The highest BCUT2D eigenvalue weighted by Crippen LogP contribution is 2.59. The standard InChI is InChI=1S/C33H37N3O5.C27H27N3O3.C25H29ClN2O4.C14H20BNO3.BBr3/c1-20(37)34-26-10-7-6-9-25(26)21-13-16-27-30(17-21)40-31-28(11-8-12-29(31)39-5)36(27)24-18-22-14-15-23(19-24)35(22)32(38)41-33(2,3)4;1-16(31)28-22-6-3-2-5-21(22)17-9-12-23-26(13-17)33-27-24(7-4-8-25(27)32)30(23)20-14-18-10-11-19(15-20)29-18;1-25(2,3)32-24(29)27-16-9-10-17(27)14-18(13-16)28-19-11-8-15(26)12-22(19)31-23-20(28)6-5-7-21(23)30-4;1-10(17)16-12-9-7-6-8-11(12)15-18-13(2,3)14(4,5)19-15;2-1(3)4/h6-13,16-17,22-24H,14-15,18-19H2,1-5H3,(H,34,37);2-9,12-13,18-20,29,32H,10-11,14-15H2,1H3,(H,28,31);5-8,11-12,16-18H,9-10,13-14H2,1-4H3;6-9H,1-5H3,(H,16,17);/t22-,23+,24?;18-,19+,20?;16-,17+,18?;;. The minimum atomic E-state index is -0.526. The smallest absolute Gasteiger partial charge is 0.496 e. The summed E-state index contributed by atoms with van der Waals surface area (Å²) < 4.78 is 54.2. The predicted octanol–water partition coefficient (Wildman–Crippen LogP) is 23.7. The zero-order valence-electron chi connectivity index (χ0n) is 75.6. The summed E-state index contributed by atoms with van der Waals surface area (Å²) in [6.45, 7) is 24.0. The lowest BCUT2D eigenvalue weighted by Gasteiger charge is -2.46. The maximum Gasteiger partial charge on any atom is 0.496 e. The summed E-state index contributed by atoms with van der Waals surface area (Å²) in [6.07, 6.45) is 11.5. The van der Waals surface area contributed by atoms with Gasteiger partial charge in [0.05, 0.1) is 59.5 Å². The van der Waals surface area contributed by atoms with Gasteiger partial charge < -0.3 is 93.3 Å². The number of phenolic OH excluding ortho intramolecular Hbond substituents is 1. The third kappa shape index (κ3) is 20.8. The molecule has 6 bridgehead atoms. The fourth-order valence-corrected chi connectivity index (χ4v) is 19.7. The molecule has 0 aliphatic carbocycles. The van der Waals surface area contributed by atoms with Gasteiger partial charge in [0.25, 0.3) is 0 Å². The number of piperidine rings is 3. The first-order valence-corrected chi connectivity index (χ1v) is 47.3. The maximum absolute atomic E-state index is 13.1. The third-order valence-electron chi connectivity index (χ3n) is 25.4. The van der Waals surface area contributed by atoms with E-state index in [2.05, 4.69) is 120 Å². The molecule has 129 heavy (non-hydrogen) atoms. The zero-order valence-corrected chi connectivity index (χ0v) is 81.1. The Hall–Kier alpha value is -10.1. The minimum Gasteiger partial charge on any atom is -0.504 e. The normalized spacial score (nSPS) is 21.6. The Labute approximate surface area is 786 Å². The Bertz CT molecular complexity index is 5620. The Kier molecular flexibility index (Phi) is 28.1. The number of benzene rings is 9. The molecule has 5 N–H and O–H groups in total. The van der Waals surface area contributed by atoms with Crippen molar-refractivity contribution in [3.05, 3.63) is 187 Å². The highest BCUT2D eigenvalue weighted by molar-refractivity contribution is 9.69. The lowest BCUT2D eigenvalue weighted by Crippen LogP contribution is -2.53. The van der Waals surface area contributed by atoms with E-state index in [0.717, 1.165) is 155 Å². The number of fused-ring (bicyclic) bond motifs is 12. The minimum absolute atomic E-state index is 0.107. The first kappa shape index (κ1) is 93.5. The van der Waals surface area contributed by atoms with Gasteiger partial charge in [0, 0.05) is 120 Å². The van der Waals surface area contributed by atoms with Crippen molar-refractivity contribution in [3.8, 4) is 74.0 Å². The van der Waals surface area contributed by atoms with Crippen molar-refractivity contribution in [1.29, 1.82) is 0 Å². The van der Waals surface area contributed by atoms with Crippen LogP contribution in [0.3, 0.4) is 0 Å². The summed E-state index contributed by atoms with van der Waals surface area (Å²) in [4.78, 5) is 71.9. The van der Waals surface area contributed by atoms with Gasteiger partial charge in [0.2, 0.25) is 17.7 Å². The van der Waals surface area contributed by atoms with Crippen LogP contribution < -0.4 is 65.1 Å². The third-order valence-corrected chi connectivity index (χ3v) is 25.6. The van der Waals surface area contributed by atoms with E-state index in [-0.39, 0.29) is 86.3 Å². The van der Waals surface area contributed by atoms with Crippen molar-refractivity contribution in [1.82, 2.24) is 15.1 Å². The molecular weight excluding hydrogens is 1850 g/mol. The van der Waals surface area contributed by atoms with Gasteiger partial charge in [0.15, 0.2) is 51.7 Å². The van der Waals surface area contributed by atoms with Crippen LogP contribution in [0.5, 0.6) is 51.7 Å². The topological polar surface area (TPSA) is 253 Å². The van der Waals surface area contributed by atoms with Crippen molar-refractivity contribution in [3.63, 3.8) is 0 Å². The molecule has 10 aliphatic rings. The van der Waals surface area contributed by atoms with Crippen LogP contribution in [0.25, 0.3) is 22.3 Å². The van der Waals surface area contributed by atoms with E-state index >= 15 is 0 Å². The van der Waals surface area contributed by atoms with Gasteiger partial charge in [-0.1, -0.05) is 96.5 Å². The van der Waals surface area contributed by atoms with Crippen LogP contribution >= 0.6 is 58.9 Å². The van der Waals surface area contributed by atoms with Gasteiger partial charge in [-0.05, 0) is 248 Å². The predicted molar refractivity (Wildman–Crippen MR) is 522 cm³/mol. The van der Waals surface area contributed by atoms with Crippen molar-refractivity contribution < 1.29 is 71.5 Å². The monoisotopic (exact) mass is 1960 g/mol. The van der Waals surface area contributed by atoms with E-state index in [1.54, 1.807) is 20.3 Å². The Morgan fingerprint density at radius 1 is 0.450 bits per heavy atom. The van der Waals surface area contributed by atoms with Crippen molar-refractivity contribution >= 4 is 156 Å². The Morgan fingerprint density at radius 3 is 1.22 bits per heavy atom. The number of hydrogen-bond acceptors (Lipinski definition) is 19. The summed E-state index contributed by atoms with van der Waals surface area (Å²) in [7, 11) is 2.84. The van der Waals surface area contributed by atoms with Crippen LogP contribution in [0, 0.1) is 0 Å². The fourth-order valence-electron chi connectivity index (χ4n) is 19.5. The highest BCUT2D eigenvalue weighted by atomic mass is 79.9. The molecule has 0 saturated carbocycles. The maximum atomic E-state index is 13.1. The number of carbonyl (C=O) groups excluding carboxylic acids is 5. The second-order valence-corrected chi connectivity index (χ2v) is 44.1. The first-order valence-electron chi connectivity index (χ1n) is 44.2. The molecule has 9 atom stereocenters. The number of amides is 5. The molecule has 9 aromatic carbocycles. The SMILES string of the molecule is BrB(Br)Br.CC(=O)Nc1ccccc1-c1ccc2c(c1)Oc1c(O)cccc1N2C1C[C@H]2CC[C@@H](C1)N2.CC(=O)Nc1ccccc1B1OC(C)(C)C(C)(C)O1.COc1cccc2c1Oc1cc(-c3ccccc3NC(C)=O)ccc1N2C1C[C@H]2CC[C@@H](C1)N2C(=O)OC(C)(C)C.COc1cccc2c1Oc1cc(Cl)ccc1N2C1C[C@H]2CC[C@@H](C1)N2C(=O)OC(C)(C)C. The number of methoxy groups -OCH3 is 2. The van der Waals surface area contributed by atoms with Gasteiger partial charge in [0.1, 0.15) is 11.2 Å². The second kappa shape index (κ2) is 38.7. The summed E-state index contributed by atoms with van der Waals surface area (Å²) in [5, 5.41) is 23.6. The molecule has 10 aliphatic heterocycles. The molecule has 30 heteroatoms. The molecule has 0 radical (unpaired) electrons. The van der Waals surface area contributed by atoms with E-state index < -0.39 is 18.3 Å². The number of halogens is 4. The van der Waals surface area contributed by atoms with Crippen LogP contribution in [-0.2, 0) is 33.2 Å². The fraction of sp³-hybridized carbons (Fsp3) is 0.404. The van der Waals surface area contributed by atoms with E-state index in [9.17, 15) is 29.1 Å². The van der Waals surface area contributed by atoms with Gasteiger partial charge in [-0.3, -0.25) is 14.4 Å². The second-order valence-electron chi connectivity index (χ2n) is 37.3. The van der Waals surface area contributed by atoms with Gasteiger partial charge in [-0.2, -0.15) is 0 Å². The largest absolute Gasteiger partial charge is 0.504 e. The number of phenols is 1. The number of nitrogens with one attached hydrogen (secondary N) is 4. The molecule has 0 spiro atoms. The zero-order chi connectivity index (χ0) is 91.9. The van der Waals surface area contributed by atoms with Gasteiger partial charge in [-0.25, -0.2) is 9.59 Å². The molecule has 10 heterocycles. The van der Waals surface area contributed by atoms with Crippen LogP contribution in [0.4, 0.5) is 60.8 Å². The molecule has 9 aromatic rings. The highest BCUT2D eigenvalue weighted by Gasteiger charge is 2.54. The molecule has 5 amide bonds. The molecule has 7 fully saturated rings. The summed E-state index contributed by atoms with van der Waals surface area (Å²) in [5.41, 5.74) is 10.8. The first-order chi connectivity index (χ1) is 61.4. The summed E-state index contributed by atoms with van der Waals surface area (Å²) in [6, 6.07) is 61.1. The number of ether oxygens (including phenoxy) is 7. The van der Waals surface area contributed by atoms with Crippen molar-refractivity contribution in [2.45, 2.75) is 244 Å². The van der Waals surface area contributed by atoms with Crippen molar-refractivity contribution in [2.24, 2.45) is 0 Å². The lowest BCUT2D eigenvalue weighted by atomic mass is 9.78. The number of carbonyl (C=O) groups is 5. The van der Waals surface area contributed by atoms with Crippen LogP contribution in [0.1, 0.15) is 167 Å².